The van der Waals surface area contributed by atoms with E-state index in [1.165, 1.54) is 0 Å². The van der Waals surface area contributed by atoms with Gasteiger partial charge >= 0.3 is 0 Å². The van der Waals surface area contributed by atoms with Gasteiger partial charge in [0.15, 0.2) is 0 Å². The molecule has 0 saturated carbocycles. The average molecular weight is 225 g/mol. The summed E-state index contributed by atoms with van der Waals surface area (Å²) in [7, 11) is 0. The van der Waals surface area contributed by atoms with E-state index in [4.69, 9.17) is 0 Å². The van der Waals surface area contributed by atoms with Crippen molar-refractivity contribution in [3.8, 4) is 0 Å². The number of hydrogen-bond acceptors (Lipinski definition) is 2. The van der Waals surface area contributed by atoms with E-state index in [0.29, 0.717) is 0 Å². The smallest absolute Gasteiger partial charge is 0.0218 e. The summed E-state index contributed by atoms with van der Waals surface area (Å²) >= 11 is 0. The van der Waals surface area contributed by atoms with Gasteiger partial charge in [0, 0.05) is 39.0 Å². The molecule has 59 valence electrons. The minimum absolute atomic E-state index is 0. The maximum atomic E-state index is 3.90. The van der Waals surface area contributed by atoms with Gasteiger partial charge in [0.1, 0.15) is 0 Å². The Bertz CT molecular complexity index is 203. The first-order valence-corrected chi connectivity index (χ1v) is 2.89. The van der Waals surface area contributed by atoms with Gasteiger partial charge < -0.3 is 17.4 Å². The van der Waals surface area contributed by atoms with Gasteiger partial charge in [0.2, 0.25) is 0 Å². The second-order valence-corrected chi connectivity index (χ2v) is 2.12. The van der Waals surface area contributed by atoms with E-state index in [1.54, 1.807) is 0 Å². The average Bonchev–Trinajstić information content (AvgIpc) is 1.83. The number of rotatable bonds is 0. The van der Waals surface area contributed by atoms with Crippen LogP contribution < -0.4 is 0 Å². The van der Waals surface area contributed by atoms with E-state index < -0.39 is 0 Å². The van der Waals surface area contributed by atoms with E-state index in [2.05, 4.69) is 16.3 Å². The van der Waals surface area contributed by atoms with Gasteiger partial charge in [0.05, 0.1) is 0 Å². The standard InChI is InChI=1S/C7H9N2.CH3.Y/c1-5-6(2)8-4-9-7(5)3;;/h1-3H3;1H3;/q2*-1;. The monoisotopic (exact) mass is 225 g/mol. The first kappa shape index (κ1) is 13.8. The molecule has 11 heavy (non-hydrogen) atoms. The van der Waals surface area contributed by atoms with Gasteiger partial charge in [0.25, 0.3) is 0 Å². The fraction of sp³-hybridized carbons (Fsp3) is 0.375. The Balaban J connectivity index is 0. The topological polar surface area (TPSA) is 25.8 Å². The molecule has 1 radical (unpaired) electrons. The molecule has 0 aliphatic rings. The van der Waals surface area contributed by atoms with Crippen LogP contribution in [0, 0.1) is 34.5 Å². The van der Waals surface area contributed by atoms with Crippen molar-refractivity contribution < 1.29 is 32.7 Å². The summed E-state index contributed by atoms with van der Waals surface area (Å²) in [5, 5.41) is 0. The molecule has 2 nitrogen and oxygen atoms in total. The summed E-state index contributed by atoms with van der Waals surface area (Å²) < 4.78 is 0. The third-order valence-corrected chi connectivity index (χ3v) is 1.52. The molecule has 0 bridgehead atoms. The fourth-order valence-corrected chi connectivity index (χ4v) is 0.605. The molecule has 0 atom stereocenters. The van der Waals surface area contributed by atoms with Crippen LogP contribution in [0.5, 0.6) is 0 Å². The van der Waals surface area contributed by atoms with Crippen molar-refractivity contribution in [2.24, 2.45) is 0 Å². The van der Waals surface area contributed by atoms with Crippen molar-refractivity contribution in [3.63, 3.8) is 0 Å². The predicted molar refractivity (Wildman–Crippen MR) is 41.5 cm³/mol. The zero-order valence-electron chi connectivity index (χ0n) is 7.47. The first-order chi connectivity index (χ1) is 4.22. The molecule has 1 aromatic heterocycles. The normalized spacial score (nSPS) is 7.91. The summed E-state index contributed by atoms with van der Waals surface area (Å²) in [5.74, 6) is 0. The van der Waals surface area contributed by atoms with Crippen molar-refractivity contribution in [1.29, 1.82) is 0 Å². The summed E-state index contributed by atoms with van der Waals surface area (Å²) in [6.07, 6.45) is 2.57. The number of hydrogen-bond donors (Lipinski definition) is 0. The van der Waals surface area contributed by atoms with Crippen LogP contribution in [0.15, 0.2) is 0 Å². The summed E-state index contributed by atoms with van der Waals surface area (Å²) in [5.41, 5.74) is 3.19. The van der Waals surface area contributed by atoms with E-state index in [9.17, 15) is 0 Å². The molecule has 1 heterocycles. The molecule has 0 aliphatic carbocycles. The summed E-state index contributed by atoms with van der Waals surface area (Å²) in [6.45, 7) is 5.93. The number of aromatic nitrogens is 2. The van der Waals surface area contributed by atoms with Crippen LogP contribution >= 0.6 is 0 Å². The minimum atomic E-state index is 0. The molecule has 0 fully saturated rings. The second-order valence-electron chi connectivity index (χ2n) is 2.12. The van der Waals surface area contributed by atoms with Crippen molar-refractivity contribution >= 4 is 0 Å². The van der Waals surface area contributed by atoms with Gasteiger partial charge in [-0.3, -0.25) is 0 Å². The Labute approximate surface area is 93.7 Å². The maximum Gasteiger partial charge on any atom is 0.0218 e. The Morgan fingerprint density at radius 2 is 1.36 bits per heavy atom. The Morgan fingerprint density at radius 3 is 1.64 bits per heavy atom. The predicted octanol–water partition coefficient (Wildman–Crippen LogP) is 1.65. The van der Waals surface area contributed by atoms with Crippen LogP contribution in [-0.2, 0) is 32.7 Å². The van der Waals surface area contributed by atoms with E-state index in [-0.39, 0.29) is 40.1 Å². The molecule has 0 N–H and O–H groups in total. The van der Waals surface area contributed by atoms with Gasteiger partial charge in [-0.1, -0.05) is 32.2 Å². The Kier molecular flexibility index (Phi) is 7.23. The summed E-state index contributed by atoms with van der Waals surface area (Å²) in [4.78, 5) is 7.81. The fourth-order valence-electron chi connectivity index (χ4n) is 0.605. The van der Waals surface area contributed by atoms with Crippen LogP contribution in [0.2, 0.25) is 0 Å². The third kappa shape index (κ3) is 3.39. The van der Waals surface area contributed by atoms with Gasteiger partial charge in [-0.2, -0.15) is 0 Å². The van der Waals surface area contributed by atoms with Crippen LogP contribution in [0.4, 0.5) is 0 Å². The van der Waals surface area contributed by atoms with Gasteiger partial charge in [-0.25, -0.2) is 0 Å². The zero-order valence-corrected chi connectivity index (χ0v) is 10.3. The quantitative estimate of drug-likeness (QED) is 0.627. The van der Waals surface area contributed by atoms with E-state index in [1.807, 2.05) is 20.8 Å². The molecule has 0 amide bonds. The zero-order chi connectivity index (χ0) is 6.85. The Morgan fingerprint density at radius 1 is 1.00 bits per heavy atom. The SMILES string of the molecule is Cc1n[c-]nc(C)c1C.[CH3-].[Y]. The molecule has 0 aromatic carbocycles. The molecule has 0 aliphatic heterocycles. The number of nitrogens with zero attached hydrogens (tertiary/aromatic N) is 2. The molecular formula is C8H12N2Y-2. The van der Waals surface area contributed by atoms with E-state index >= 15 is 0 Å². The third-order valence-electron chi connectivity index (χ3n) is 1.52. The van der Waals surface area contributed by atoms with Crippen LogP contribution in [0.1, 0.15) is 17.0 Å². The summed E-state index contributed by atoms with van der Waals surface area (Å²) in [6, 6.07) is 0. The molecule has 0 saturated heterocycles. The van der Waals surface area contributed by atoms with Gasteiger partial charge in [-0.05, 0) is 0 Å². The second kappa shape index (κ2) is 5.79. The largest absolute Gasteiger partial charge is 0.371 e. The van der Waals surface area contributed by atoms with E-state index in [0.717, 1.165) is 17.0 Å². The molecule has 0 spiro atoms. The first-order valence-electron chi connectivity index (χ1n) is 2.89. The molecule has 0 unspecified atom stereocenters. The van der Waals surface area contributed by atoms with Crippen LogP contribution in [0.3, 0.4) is 0 Å². The molecule has 1 rings (SSSR count). The van der Waals surface area contributed by atoms with Crippen molar-refractivity contribution in [2.75, 3.05) is 0 Å². The van der Waals surface area contributed by atoms with Crippen LogP contribution in [0.25, 0.3) is 0 Å². The Hall–Kier alpha value is 0.184. The number of aryl methyl sites for hydroxylation is 2. The molecular weight excluding hydrogens is 213 g/mol. The molecule has 3 heteroatoms. The van der Waals surface area contributed by atoms with Crippen molar-refractivity contribution in [3.05, 3.63) is 30.7 Å². The minimum Gasteiger partial charge on any atom is -0.371 e. The molecule has 1 aromatic rings. The van der Waals surface area contributed by atoms with Gasteiger partial charge in [-0.15, -0.1) is 5.56 Å². The van der Waals surface area contributed by atoms with Crippen molar-refractivity contribution in [2.45, 2.75) is 20.8 Å². The maximum absolute atomic E-state index is 3.90. The van der Waals surface area contributed by atoms with Crippen LogP contribution in [-0.4, -0.2) is 9.97 Å². The van der Waals surface area contributed by atoms with Crippen molar-refractivity contribution in [1.82, 2.24) is 9.97 Å².